The van der Waals surface area contributed by atoms with Crippen molar-refractivity contribution < 1.29 is 0 Å². The van der Waals surface area contributed by atoms with Crippen LogP contribution in [0.1, 0.15) is 0 Å². The summed E-state index contributed by atoms with van der Waals surface area (Å²) in [5.74, 6) is 0. The molecule has 0 aliphatic carbocycles. The molecule has 0 N–H and O–H groups in total. The molecule has 0 atom stereocenters. The molecule has 72 valence electrons. The number of hydrogen-bond donors (Lipinski definition) is 0. The van der Waals surface area contributed by atoms with Crippen LogP contribution in [0.4, 0.5) is 0 Å². The Bertz CT molecular complexity index is 257. The molecule has 0 nitrogen and oxygen atoms in total. The zero-order valence-electron chi connectivity index (χ0n) is 6.28. The van der Waals surface area contributed by atoms with Gasteiger partial charge in [-0.1, -0.05) is 70.1 Å². The monoisotopic (exact) mass is 276 g/mol. The molecule has 0 saturated carbocycles. The van der Waals surface area contributed by atoms with E-state index in [9.17, 15) is 0 Å². The van der Waals surface area contributed by atoms with Gasteiger partial charge in [-0.15, -0.1) is 0 Å². The first-order valence-electron chi connectivity index (χ1n) is 3.09. The van der Waals surface area contributed by atoms with E-state index < -0.39 is 0 Å². The molecule has 0 bridgehead atoms. The molecule has 0 aromatic heterocycles. The van der Waals surface area contributed by atoms with Crippen LogP contribution in [-0.4, -0.2) is 0 Å². The smallest absolute Gasteiger partial charge is 0.0904 e. The van der Waals surface area contributed by atoms with Crippen LogP contribution in [0.5, 0.6) is 0 Å². The van der Waals surface area contributed by atoms with Crippen molar-refractivity contribution in [2.75, 3.05) is 0 Å². The fraction of sp³-hybridized carbons (Fsp3) is 0. The Kier molecular flexibility index (Phi) is 8.03. The highest BCUT2D eigenvalue weighted by molar-refractivity contribution is 6.58. The first-order valence-corrected chi connectivity index (χ1v) is 5.04. The highest BCUT2D eigenvalue weighted by Gasteiger charge is 1.89. The Labute approximate surface area is 102 Å². The van der Waals surface area contributed by atoms with Crippen molar-refractivity contribution >= 4 is 58.0 Å². The van der Waals surface area contributed by atoms with Crippen LogP contribution in [0, 0.1) is 0 Å². The molecule has 0 aliphatic rings. The highest BCUT2D eigenvalue weighted by Crippen LogP contribution is 2.19. The molecule has 0 radical (unpaired) electrons. The second-order valence-corrected chi connectivity index (χ2v) is 3.85. The molecular weight excluding hydrogens is 273 g/mol. The number of hydrogen-bond acceptors (Lipinski definition) is 0. The fourth-order valence-corrected chi connectivity index (χ4v) is 0.711. The van der Waals surface area contributed by atoms with Crippen molar-refractivity contribution in [2.45, 2.75) is 0 Å². The van der Waals surface area contributed by atoms with Crippen LogP contribution in [0.25, 0.3) is 0 Å². The molecule has 0 fully saturated rings. The minimum Gasteiger partial charge on any atom is -0.0904 e. The van der Waals surface area contributed by atoms with Gasteiger partial charge in [-0.05, 0) is 12.1 Å². The summed E-state index contributed by atoms with van der Waals surface area (Å²) in [6.07, 6.45) is 0. The molecule has 0 spiro atoms. The number of halogens is 5. The summed E-state index contributed by atoms with van der Waals surface area (Å²) in [6.45, 7) is 0. The molecule has 0 unspecified atom stereocenters. The van der Waals surface area contributed by atoms with Crippen LogP contribution in [0.3, 0.4) is 0 Å². The van der Waals surface area contributed by atoms with Gasteiger partial charge in [0.15, 0.2) is 0 Å². The van der Waals surface area contributed by atoms with Gasteiger partial charge in [0.1, 0.15) is 4.49 Å². The summed E-state index contributed by atoms with van der Waals surface area (Å²) in [5.41, 5.74) is 1.09. The van der Waals surface area contributed by atoms with Crippen molar-refractivity contribution in [1.82, 2.24) is 0 Å². The Morgan fingerprint density at radius 2 is 1.31 bits per heavy atom. The summed E-state index contributed by atoms with van der Waals surface area (Å²) in [5, 5.41) is 1.21. The molecule has 1 rings (SSSR count). The van der Waals surface area contributed by atoms with E-state index in [4.69, 9.17) is 58.0 Å². The van der Waals surface area contributed by atoms with Gasteiger partial charge in [-0.25, -0.2) is 0 Å². The van der Waals surface area contributed by atoms with E-state index in [-0.39, 0.29) is 4.49 Å². The van der Waals surface area contributed by atoms with E-state index in [0.717, 1.165) is 5.54 Å². The van der Waals surface area contributed by atoms with Crippen molar-refractivity contribution in [3.05, 3.63) is 44.3 Å². The zero-order valence-corrected chi connectivity index (χ0v) is 10.1. The van der Waals surface area contributed by atoms with Crippen LogP contribution in [0.15, 0.2) is 34.3 Å². The third-order valence-corrected chi connectivity index (χ3v) is 2.32. The summed E-state index contributed by atoms with van der Waals surface area (Å²) < 4.78 is 0.0895. The van der Waals surface area contributed by atoms with E-state index in [1.54, 1.807) is 12.1 Å². The van der Waals surface area contributed by atoms with E-state index in [1.165, 1.54) is 0 Å². The average molecular weight is 278 g/mol. The van der Waals surface area contributed by atoms with Crippen LogP contribution >= 0.6 is 58.0 Å². The van der Waals surface area contributed by atoms with Crippen molar-refractivity contribution in [2.24, 2.45) is 0 Å². The molecule has 13 heavy (non-hydrogen) atoms. The topological polar surface area (TPSA) is 0 Å². The number of rotatable bonds is 0. The summed E-state index contributed by atoms with van der Waals surface area (Å²) in [7, 11) is 0. The lowest BCUT2D eigenvalue weighted by Crippen LogP contribution is -1.62. The average Bonchev–Trinajstić information content (AvgIpc) is 2.11. The maximum Gasteiger partial charge on any atom is 0.118 e. The lowest BCUT2D eigenvalue weighted by Gasteiger charge is -1.88. The largest absolute Gasteiger partial charge is 0.118 e. The Morgan fingerprint density at radius 3 is 1.46 bits per heavy atom. The minimum absolute atomic E-state index is 0.0895. The summed E-state index contributed by atoms with van der Waals surface area (Å²) in [6, 6.07) is 7.19. The van der Waals surface area contributed by atoms with Gasteiger partial charge in [-0.2, -0.15) is 0 Å². The van der Waals surface area contributed by atoms with Gasteiger partial charge in [-0.3, -0.25) is 0 Å². The predicted octanol–water partition coefficient (Wildman–Crippen LogP) is 5.50. The van der Waals surface area contributed by atoms with Gasteiger partial charge in [0.05, 0.1) is 10.0 Å². The molecule has 0 saturated heterocycles. The maximum atomic E-state index is 5.58. The predicted molar refractivity (Wildman–Crippen MR) is 62.1 cm³/mol. The van der Waals surface area contributed by atoms with Crippen LogP contribution in [0.2, 0.25) is 10.0 Å². The first-order chi connectivity index (χ1) is 6.07. The van der Waals surface area contributed by atoms with Gasteiger partial charge < -0.3 is 0 Å². The molecule has 5 heteroatoms. The molecule has 0 heterocycles. The lowest BCUT2D eigenvalue weighted by molar-refractivity contribution is 1.71. The first kappa shape index (κ1) is 13.4. The third-order valence-electron chi connectivity index (χ3n) is 0.907. The minimum atomic E-state index is 0.0895. The zero-order chi connectivity index (χ0) is 10.3. The SMILES string of the molecule is ClC=C(Cl)Cl.Clc1ccccc1Cl. The molecule has 0 aliphatic heterocycles. The lowest BCUT2D eigenvalue weighted by atomic mass is 10.4. The molecular formula is C8H5Cl5. The van der Waals surface area contributed by atoms with Crippen molar-refractivity contribution in [1.29, 1.82) is 0 Å². The Balaban J connectivity index is 0.000000252. The van der Waals surface area contributed by atoms with E-state index in [0.29, 0.717) is 10.0 Å². The summed E-state index contributed by atoms with van der Waals surface area (Å²) in [4.78, 5) is 0. The van der Waals surface area contributed by atoms with Crippen LogP contribution in [-0.2, 0) is 0 Å². The Hall–Kier alpha value is 0.410. The third kappa shape index (κ3) is 7.48. The molecule has 0 amide bonds. The second kappa shape index (κ2) is 7.78. The Morgan fingerprint density at radius 1 is 1.00 bits per heavy atom. The van der Waals surface area contributed by atoms with Crippen molar-refractivity contribution in [3.63, 3.8) is 0 Å². The van der Waals surface area contributed by atoms with Crippen molar-refractivity contribution in [3.8, 4) is 0 Å². The maximum absolute atomic E-state index is 5.58. The van der Waals surface area contributed by atoms with Gasteiger partial charge in [0.25, 0.3) is 0 Å². The van der Waals surface area contributed by atoms with E-state index in [2.05, 4.69) is 0 Å². The summed E-state index contributed by atoms with van der Waals surface area (Å²) >= 11 is 26.0. The standard InChI is InChI=1S/C6H4Cl2.C2HCl3/c7-5-3-1-2-4-6(5)8;3-1-2(4)5/h1-4H;1H. The van der Waals surface area contributed by atoms with Gasteiger partial charge in [0, 0.05) is 5.54 Å². The molecule has 1 aromatic rings. The fourth-order valence-electron chi connectivity index (χ4n) is 0.439. The number of benzene rings is 1. The van der Waals surface area contributed by atoms with E-state index >= 15 is 0 Å². The van der Waals surface area contributed by atoms with E-state index in [1.807, 2.05) is 12.1 Å². The van der Waals surface area contributed by atoms with Gasteiger partial charge >= 0.3 is 0 Å². The van der Waals surface area contributed by atoms with Gasteiger partial charge in [0.2, 0.25) is 0 Å². The quantitative estimate of drug-likeness (QED) is 0.588. The highest BCUT2D eigenvalue weighted by atomic mass is 35.5. The molecule has 1 aromatic carbocycles. The van der Waals surface area contributed by atoms with Crippen LogP contribution < -0.4 is 0 Å². The normalized spacial score (nSPS) is 8.38. The second-order valence-electron chi connectivity index (χ2n) is 1.81.